The highest BCUT2D eigenvalue weighted by atomic mass is 32.1. The average Bonchev–Trinajstić information content (AvgIpc) is 3.50. The van der Waals surface area contributed by atoms with Crippen molar-refractivity contribution in [1.82, 2.24) is 30.0 Å². The van der Waals surface area contributed by atoms with Gasteiger partial charge in [0.15, 0.2) is 0 Å². The summed E-state index contributed by atoms with van der Waals surface area (Å²) in [5.74, 6) is 1.16. The highest BCUT2D eigenvalue weighted by molar-refractivity contribution is 7.18. The minimum Gasteiger partial charge on any atom is -0.395 e. The van der Waals surface area contributed by atoms with Crippen LogP contribution in [0.3, 0.4) is 0 Å². The van der Waals surface area contributed by atoms with E-state index in [1.54, 1.807) is 17.7 Å². The van der Waals surface area contributed by atoms with Crippen LogP contribution in [0.4, 0.5) is 5.82 Å². The fourth-order valence-corrected chi connectivity index (χ4v) is 5.41. The maximum Gasteiger partial charge on any atom is 0.222 e. The highest BCUT2D eigenvalue weighted by Gasteiger charge is 2.30. The molecule has 3 aromatic heterocycles. The Labute approximate surface area is 202 Å². The van der Waals surface area contributed by atoms with E-state index in [0.29, 0.717) is 32.5 Å². The first-order valence-electron chi connectivity index (χ1n) is 11.9. The Morgan fingerprint density at radius 1 is 1.21 bits per heavy atom. The molecule has 0 bridgehead atoms. The topological polar surface area (TPSA) is 89.3 Å². The van der Waals surface area contributed by atoms with Gasteiger partial charge in [0.05, 0.1) is 5.39 Å². The summed E-state index contributed by atoms with van der Waals surface area (Å²) < 4.78 is 0. The van der Waals surface area contributed by atoms with Gasteiger partial charge < -0.3 is 14.6 Å². The van der Waals surface area contributed by atoms with Gasteiger partial charge >= 0.3 is 0 Å². The van der Waals surface area contributed by atoms with Crippen molar-refractivity contribution >= 4 is 44.3 Å². The van der Waals surface area contributed by atoms with Crippen LogP contribution in [0.25, 0.3) is 21.3 Å². The van der Waals surface area contributed by atoms with Gasteiger partial charge in [0.25, 0.3) is 0 Å². The molecule has 0 spiro atoms. The van der Waals surface area contributed by atoms with Crippen molar-refractivity contribution in [3.8, 4) is 0 Å². The molecule has 0 aliphatic carbocycles. The van der Waals surface area contributed by atoms with E-state index in [4.69, 9.17) is 4.84 Å². The molecule has 0 N–H and O–H groups in total. The lowest BCUT2D eigenvalue weighted by atomic mass is 10.1. The number of hydrogen-bond donors (Lipinski definition) is 0. The van der Waals surface area contributed by atoms with Gasteiger partial charge in [-0.2, -0.15) is 0 Å². The Bertz CT molecular complexity index is 1290. The van der Waals surface area contributed by atoms with Crippen LogP contribution in [-0.4, -0.2) is 68.2 Å². The molecule has 1 fully saturated rings. The van der Waals surface area contributed by atoms with Gasteiger partial charge in [0.2, 0.25) is 5.91 Å². The third kappa shape index (κ3) is 4.42. The lowest BCUT2D eigenvalue weighted by molar-refractivity contribution is -0.132. The molecular formula is C24H29N7O2S. The van der Waals surface area contributed by atoms with Crippen molar-refractivity contribution < 1.29 is 9.63 Å². The molecule has 178 valence electrons. The molecule has 1 unspecified atom stereocenters. The van der Waals surface area contributed by atoms with Crippen molar-refractivity contribution in [3.05, 3.63) is 41.5 Å². The Kier molecular flexibility index (Phi) is 6.57. The first kappa shape index (κ1) is 22.5. The Morgan fingerprint density at radius 2 is 2.09 bits per heavy atom. The summed E-state index contributed by atoms with van der Waals surface area (Å²) in [4.78, 5) is 35.9. The second-order valence-corrected chi connectivity index (χ2v) is 9.58. The molecule has 5 rings (SSSR count). The smallest absolute Gasteiger partial charge is 0.222 e. The number of hydrogen-bond acceptors (Lipinski definition) is 8. The zero-order chi connectivity index (χ0) is 23.5. The third-order valence-electron chi connectivity index (χ3n) is 6.36. The second kappa shape index (κ2) is 9.92. The summed E-state index contributed by atoms with van der Waals surface area (Å²) in [6.45, 7) is 6.92. The van der Waals surface area contributed by atoms with E-state index in [0.717, 1.165) is 46.5 Å². The number of para-hydroxylation sites is 1. The maximum atomic E-state index is 12.9. The van der Waals surface area contributed by atoms with Crippen LogP contribution in [0.2, 0.25) is 0 Å². The SMILES string of the molecule is CCc1cc2c(N3CCN(C(=O)CCCOn4nnc5ccccc54)CC3CC)ncnc2s1. The molecule has 1 aromatic carbocycles. The minimum absolute atomic E-state index is 0.168. The fourth-order valence-electron chi connectivity index (χ4n) is 4.48. The van der Waals surface area contributed by atoms with Gasteiger partial charge in [-0.05, 0) is 42.7 Å². The minimum atomic E-state index is 0.168. The lowest BCUT2D eigenvalue weighted by Gasteiger charge is -2.42. The summed E-state index contributed by atoms with van der Waals surface area (Å²) in [5.41, 5.74) is 1.61. The quantitative estimate of drug-likeness (QED) is 0.358. The number of carbonyl (C=O) groups is 1. The standard InChI is InChI=1S/C24H29N7O2S/c1-3-17-15-29(11-12-30(17)23-19-14-18(4-2)34-24(19)26-16-25-23)22(32)10-7-13-33-31-21-9-6-5-8-20(21)27-28-31/h5-6,8-9,14,16-17H,3-4,7,10-13,15H2,1-2H3. The Balaban J connectivity index is 1.17. The molecule has 10 heteroatoms. The van der Waals surface area contributed by atoms with Gasteiger partial charge in [-0.15, -0.1) is 16.4 Å². The van der Waals surface area contributed by atoms with Crippen LogP contribution < -0.4 is 9.74 Å². The van der Waals surface area contributed by atoms with Crippen molar-refractivity contribution in [3.63, 3.8) is 0 Å². The van der Waals surface area contributed by atoms with E-state index in [9.17, 15) is 4.79 Å². The fraction of sp³-hybridized carbons (Fsp3) is 0.458. The monoisotopic (exact) mass is 479 g/mol. The molecule has 9 nitrogen and oxygen atoms in total. The van der Waals surface area contributed by atoms with Gasteiger partial charge in [-0.25, -0.2) is 9.97 Å². The number of piperazine rings is 1. The number of amides is 1. The van der Waals surface area contributed by atoms with E-state index in [2.05, 4.69) is 45.1 Å². The van der Waals surface area contributed by atoms with Crippen LogP contribution in [0, 0.1) is 0 Å². The van der Waals surface area contributed by atoms with Crippen LogP contribution >= 0.6 is 11.3 Å². The second-order valence-electron chi connectivity index (χ2n) is 8.47. The third-order valence-corrected chi connectivity index (χ3v) is 7.54. The van der Waals surface area contributed by atoms with E-state index >= 15 is 0 Å². The summed E-state index contributed by atoms with van der Waals surface area (Å²) >= 11 is 1.74. The van der Waals surface area contributed by atoms with E-state index in [1.807, 2.05) is 29.2 Å². The number of carbonyl (C=O) groups excluding carboxylic acids is 1. The number of fused-ring (bicyclic) bond motifs is 2. The predicted octanol–water partition coefficient (Wildman–Crippen LogP) is 3.33. The van der Waals surface area contributed by atoms with Crippen molar-refractivity contribution in [2.75, 3.05) is 31.1 Å². The first-order chi connectivity index (χ1) is 16.7. The Hall–Kier alpha value is -3.27. The van der Waals surface area contributed by atoms with Crippen LogP contribution in [0.5, 0.6) is 0 Å². The molecule has 34 heavy (non-hydrogen) atoms. The van der Waals surface area contributed by atoms with Gasteiger partial charge in [0.1, 0.15) is 34.6 Å². The van der Waals surface area contributed by atoms with E-state index in [1.165, 1.54) is 9.72 Å². The Morgan fingerprint density at radius 3 is 2.94 bits per heavy atom. The van der Waals surface area contributed by atoms with E-state index < -0.39 is 0 Å². The summed E-state index contributed by atoms with van der Waals surface area (Å²) in [6.07, 6.45) is 4.69. The number of anilines is 1. The molecule has 1 atom stereocenters. The first-order valence-corrected chi connectivity index (χ1v) is 12.7. The number of nitrogens with zero attached hydrogens (tertiary/aromatic N) is 7. The molecule has 1 aliphatic heterocycles. The highest BCUT2D eigenvalue weighted by Crippen LogP contribution is 2.32. The summed E-state index contributed by atoms with van der Waals surface area (Å²) in [7, 11) is 0. The number of benzene rings is 1. The summed E-state index contributed by atoms with van der Waals surface area (Å²) in [6, 6.07) is 10.1. The molecule has 1 amide bonds. The zero-order valence-corrected chi connectivity index (χ0v) is 20.4. The van der Waals surface area contributed by atoms with Crippen LogP contribution in [0.1, 0.15) is 38.0 Å². The number of aromatic nitrogens is 5. The van der Waals surface area contributed by atoms with Gasteiger partial charge in [-0.3, -0.25) is 4.79 Å². The molecule has 1 saturated heterocycles. The molecule has 0 radical (unpaired) electrons. The van der Waals surface area contributed by atoms with Crippen LogP contribution in [-0.2, 0) is 11.2 Å². The van der Waals surface area contributed by atoms with Crippen molar-refractivity contribution in [1.29, 1.82) is 0 Å². The lowest BCUT2D eigenvalue weighted by Crippen LogP contribution is -2.55. The molecular weight excluding hydrogens is 450 g/mol. The van der Waals surface area contributed by atoms with Gasteiger partial charge in [-0.1, -0.05) is 30.8 Å². The van der Waals surface area contributed by atoms with E-state index in [-0.39, 0.29) is 11.9 Å². The van der Waals surface area contributed by atoms with Crippen molar-refractivity contribution in [2.45, 2.75) is 45.6 Å². The average molecular weight is 480 g/mol. The summed E-state index contributed by atoms with van der Waals surface area (Å²) in [5, 5.41) is 9.23. The molecule has 4 heterocycles. The molecule has 1 aliphatic rings. The van der Waals surface area contributed by atoms with Crippen LogP contribution in [0.15, 0.2) is 36.7 Å². The van der Waals surface area contributed by atoms with Crippen molar-refractivity contribution in [2.24, 2.45) is 0 Å². The van der Waals surface area contributed by atoms with Gasteiger partial charge in [0, 0.05) is 37.0 Å². The number of rotatable bonds is 8. The number of aryl methyl sites for hydroxylation is 1. The molecule has 4 aromatic rings. The zero-order valence-electron chi connectivity index (χ0n) is 19.6. The predicted molar refractivity (Wildman–Crippen MR) is 133 cm³/mol. The number of thiophene rings is 1. The largest absolute Gasteiger partial charge is 0.395 e. The maximum absolute atomic E-state index is 12.9. The normalized spacial score (nSPS) is 16.5. The molecule has 0 saturated carbocycles.